The lowest BCUT2D eigenvalue weighted by atomic mass is 10.2. The number of nitrogens with zero attached hydrogens (tertiary/aromatic N) is 3. The first-order valence-corrected chi connectivity index (χ1v) is 12.2. The van der Waals surface area contributed by atoms with Crippen molar-refractivity contribution in [2.45, 2.75) is 4.90 Å². The van der Waals surface area contributed by atoms with Gasteiger partial charge in [0.1, 0.15) is 11.4 Å². The van der Waals surface area contributed by atoms with Gasteiger partial charge in [0.2, 0.25) is 10.0 Å². The number of rotatable bonds is 7. The van der Waals surface area contributed by atoms with Crippen LogP contribution in [0, 0.1) is 0 Å². The maximum atomic E-state index is 13.4. The lowest BCUT2D eigenvalue weighted by Crippen LogP contribution is -2.22. The normalized spacial score (nSPS) is 11.5. The second-order valence-electron chi connectivity index (χ2n) is 7.25. The number of aromatic nitrogens is 2. The summed E-state index contributed by atoms with van der Waals surface area (Å²) in [6.07, 6.45) is 1.66. The van der Waals surface area contributed by atoms with Crippen molar-refractivity contribution in [1.82, 2.24) is 14.1 Å². The van der Waals surface area contributed by atoms with Crippen LogP contribution in [0.2, 0.25) is 0 Å². The molecule has 0 radical (unpaired) electrons. The maximum Gasteiger partial charge on any atom is 0.259 e. The van der Waals surface area contributed by atoms with E-state index in [4.69, 9.17) is 4.74 Å². The monoisotopic (exact) mass is 482 g/mol. The van der Waals surface area contributed by atoms with E-state index in [9.17, 15) is 13.2 Å². The zero-order chi connectivity index (χ0) is 23.6. The SMILES string of the molecule is COc1ccc(S(=O)(=O)N(C)C)cc1NC(=O)c1cn(-c2ccccc2)nc1-c1cccs1. The zero-order valence-electron chi connectivity index (χ0n) is 18.2. The molecule has 1 amide bonds. The van der Waals surface area contributed by atoms with Gasteiger partial charge in [-0.05, 0) is 41.8 Å². The van der Waals surface area contributed by atoms with Gasteiger partial charge in [-0.2, -0.15) is 5.10 Å². The quantitative estimate of drug-likeness (QED) is 0.428. The third kappa shape index (κ3) is 4.54. The Bertz CT molecular complexity index is 1380. The second-order valence-corrected chi connectivity index (χ2v) is 10.4. The Kier molecular flexibility index (Phi) is 6.32. The van der Waals surface area contributed by atoms with Crippen LogP contribution in [-0.4, -0.2) is 49.6 Å². The summed E-state index contributed by atoms with van der Waals surface area (Å²) < 4.78 is 33.2. The van der Waals surface area contributed by atoms with Crippen molar-refractivity contribution in [2.24, 2.45) is 0 Å². The number of hydrogen-bond donors (Lipinski definition) is 1. The van der Waals surface area contributed by atoms with Crippen molar-refractivity contribution in [2.75, 3.05) is 26.5 Å². The van der Waals surface area contributed by atoms with E-state index in [-0.39, 0.29) is 10.6 Å². The van der Waals surface area contributed by atoms with Crippen LogP contribution in [0.5, 0.6) is 5.75 Å². The number of carbonyl (C=O) groups excluding carboxylic acids is 1. The van der Waals surface area contributed by atoms with Gasteiger partial charge in [0.25, 0.3) is 5.91 Å². The smallest absolute Gasteiger partial charge is 0.259 e. The molecule has 2 heterocycles. The van der Waals surface area contributed by atoms with Crippen LogP contribution < -0.4 is 10.1 Å². The summed E-state index contributed by atoms with van der Waals surface area (Å²) in [6.45, 7) is 0. The van der Waals surface area contributed by atoms with Crippen LogP contribution in [0.4, 0.5) is 5.69 Å². The third-order valence-electron chi connectivity index (χ3n) is 4.93. The molecular formula is C23H22N4O4S2. The summed E-state index contributed by atoms with van der Waals surface area (Å²) in [5.41, 5.74) is 1.94. The van der Waals surface area contributed by atoms with Gasteiger partial charge in [-0.15, -0.1) is 11.3 Å². The maximum absolute atomic E-state index is 13.4. The molecule has 8 nitrogen and oxygen atoms in total. The summed E-state index contributed by atoms with van der Waals surface area (Å²) in [4.78, 5) is 14.2. The Morgan fingerprint density at radius 1 is 1.09 bits per heavy atom. The van der Waals surface area contributed by atoms with Gasteiger partial charge in [-0.3, -0.25) is 4.79 Å². The average molecular weight is 483 g/mol. The number of carbonyl (C=O) groups is 1. The Labute approximate surface area is 196 Å². The standard InChI is InChI=1S/C23H22N4O4S2/c1-26(2)33(29,30)17-11-12-20(31-3)19(14-17)24-23(28)18-15-27(16-8-5-4-6-9-16)25-22(18)21-10-7-13-32-21/h4-15H,1-3H3,(H,24,28). The van der Waals surface area contributed by atoms with Crippen molar-refractivity contribution >= 4 is 33.0 Å². The number of sulfonamides is 1. The van der Waals surface area contributed by atoms with E-state index >= 15 is 0 Å². The molecule has 0 atom stereocenters. The second kappa shape index (κ2) is 9.18. The number of benzene rings is 2. The Hall–Kier alpha value is -3.47. The van der Waals surface area contributed by atoms with Gasteiger partial charge < -0.3 is 10.1 Å². The highest BCUT2D eigenvalue weighted by atomic mass is 32.2. The minimum atomic E-state index is -3.69. The summed E-state index contributed by atoms with van der Waals surface area (Å²) in [6, 6.07) is 17.6. The summed E-state index contributed by atoms with van der Waals surface area (Å²) in [5.74, 6) is -0.0903. The number of amides is 1. The highest BCUT2D eigenvalue weighted by Crippen LogP contribution is 2.31. The molecule has 0 unspecified atom stereocenters. The molecule has 0 spiro atoms. The molecule has 2 aromatic carbocycles. The molecule has 4 rings (SSSR count). The molecule has 0 bridgehead atoms. The van der Waals surface area contributed by atoms with Gasteiger partial charge in [-0.25, -0.2) is 17.4 Å². The van der Waals surface area contributed by atoms with Crippen molar-refractivity contribution < 1.29 is 17.9 Å². The van der Waals surface area contributed by atoms with Gasteiger partial charge in [-0.1, -0.05) is 24.3 Å². The topological polar surface area (TPSA) is 93.5 Å². The minimum absolute atomic E-state index is 0.0436. The highest BCUT2D eigenvalue weighted by Gasteiger charge is 2.23. The lowest BCUT2D eigenvalue weighted by Gasteiger charge is -2.15. The van der Waals surface area contributed by atoms with Gasteiger partial charge in [0.15, 0.2) is 0 Å². The predicted molar refractivity (Wildman–Crippen MR) is 129 cm³/mol. The fraction of sp³-hybridized carbons (Fsp3) is 0.130. The summed E-state index contributed by atoms with van der Waals surface area (Å²) in [7, 11) is 0.660. The summed E-state index contributed by atoms with van der Waals surface area (Å²) in [5, 5.41) is 9.36. The fourth-order valence-corrected chi connectivity index (χ4v) is 4.85. The molecule has 170 valence electrons. The van der Waals surface area contributed by atoms with E-state index in [0.717, 1.165) is 14.9 Å². The molecule has 0 aliphatic rings. The molecule has 0 fully saturated rings. The van der Waals surface area contributed by atoms with Crippen molar-refractivity contribution in [3.63, 3.8) is 0 Å². The Morgan fingerprint density at radius 2 is 1.85 bits per heavy atom. The van der Waals surface area contributed by atoms with E-state index < -0.39 is 15.9 Å². The van der Waals surface area contributed by atoms with E-state index in [1.54, 1.807) is 10.9 Å². The molecule has 1 N–H and O–H groups in total. The molecule has 0 aliphatic carbocycles. The van der Waals surface area contributed by atoms with Gasteiger partial charge in [0.05, 0.1) is 33.8 Å². The molecular weight excluding hydrogens is 460 g/mol. The Balaban J connectivity index is 1.75. The zero-order valence-corrected chi connectivity index (χ0v) is 19.9. The number of thiophene rings is 1. The number of para-hydroxylation sites is 1. The van der Waals surface area contributed by atoms with Crippen LogP contribution in [0.3, 0.4) is 0 Å². The fourth-order valence-electron chi connectivity index (χ4n) is 3.19. The average Bonchev–Trinajstić information content (AvgIpc) is 3.49. The van der Waals surface area contributed by atoms with Gasteiger partial charge >= 0.3 is 0 Å². The molecule has 0 saturated carbocycles. The van der Waals surface area contributed by atoms with E-state index in [2.05, 4.69) is 10.4 Å². The molecule has 2 aromatic heterocycles. The predicted octanol–water partition coefficient (Wildman–Crippen LogP) is 4.11. The van der Waals surface area contributed by atoms with Crippen LogP contribution >= 0.6 is 11.3 Å². The number of nitrogens with one attached hydrogen (secondary N) is 1. The number of ether oxygens (including phenoxy) is 1. The third-order valence-corrected chi connectivity index (χ3v) is 7.62. The Morgan fingerprint density at radius 3 is 2.48 bits per heavy atom. The van der Waals surface area contributed by atoms with Gasteiger partial charge in [0, 0.05) is 20.3 Å². The molecule has 0 aliphatic heterocycles. The first-order chi connectivity index (χ1) is 15.8. The molecule has 4 aromatic rings. The molecule has 10 heteroatoms. The highest BCUT2D eigenvalue weighted by molar-refractivity contribution is 7.89. The van der Waals surface area contributed by atoms with Crippen molar-refractivity contribution in [3.05, 3.63) is 77.8 Å². The van der Waals surface area contributed by atoms with Crippen LogP contribution in [0.1, 0.15) is 10.4 Å². The van der Waals surface area contributed by atoms with E-state index in [0.29, 0.717) is 17.0 Å². The number of hydrogen-bond acceptors (Lipinski definition) is 6. The number of methoxy groups -OCH3 is 1. The van der Waals surface area contributed by atoms with Crippen LogP contribution in [0.15, 0.2) is 77.1 Å². The largest absolute Gasteiger partial charge is 0.495 e. The van der Waals surface area contributed by atoms with E-state index in [1.807, 2.05) is 47.8 Å². The lowest BCUT2D eigenvalue weighted by molar-refractivity contribution is 0.102. The van der Waals surface area contributed by atoms with Crippen molar-refractivity contribution in [1.29, 1.82) is 0 Å². The first kappa shape index (κ1) is 22.7. The van der Waals surface area contributed by atoms with Crippen molar-refractivity contribution in [3.8, 4) is 22.0 Å². The summed E-state index contributed by atoms with van der Waals surface area (Å²) >= 11 is 1.47. The molecule has 33 heavy (non-hydrogen) atoms. The number of anilines is 1. The first-order valence-electron chi connectivity index (χ1n) is 9.92. The van der Waals surface area contributed by atoms with E-state index in [1.165, 1.54) is 50.7 Å². The van der Waals surface area contributed by atoms with Crippen LogP contribution in [-0.2, 0) is 10.0 Å². The van der Waals surface area contributed by atoms with Crippen LogP contribution in [0.25, 0.3) is 16.3 Å². The minimum Gasteiger partial charge on any atom is -0.495 e. The molecule has 0 saturated heterocycles.